The molecule has 1 heterocycles. The van der Waals surface area contributed by atoms with E-state index in [2.05, 4.69) is 10.6 Å². The van der Waals surface area contributed by atoms with Crippen LogP contribution in [0.3, 0.4) is 0 Å². The second kappa shape index (κ2) is 5.85. The molecule has 1 unspecified atom stereocenters. The zero-order valence-electron chi connectivity index (χ0n) is 12.2. The molecule has 1 aliphatic heterocycles. The minimum absolute atomic E-state index is 0.184. The summed E-state index contributed by atoms with van der Waals surface area (Å²) in [6.45, 7) is 2.60. The van der Waals surface area contributed by atoms with Crippen LogP contribution >= 0.6 is 11.6 Å². The molecule has 1 amide bonds. The second-order valence-corrected chi connectivity index (χ2v) is 6.46. The highest BCUT2D eigenvalue weighted by atomic mass is 35.5. The van der Waals surface area contributed by atoms with Gasteiger partial charge in [-0.05, 0) is 55.5 Å². The summed E-state index contributed by atoms with van der Waals surface area (Å²) in [7, 11) is 1.59. The van der Waals surface area contributed by atoms with Crippen LogP contribution in [0.4, 0.5) is 0 Å². The monoisotopic (exact) mass is 308 g/mol. The average Bonchev–Trinajstić information content (AvgIpc) is 3.19. The molecule has 1 aromatic carbocycles. The van der Waals surface area contributed by atoms with Crippen molar-refractivity contribution in [2.45, 2.75) is 25.8 Å². The third kappa shape index (κ3) is 3.01. The number of benzene rings is 1. The molecular weight excluding hydrogens is 288 g/mol. The van der Waals surface area contributed by atoms with Gasteiger partial charge in [0.2, 0.25) is 5.91 Å². The number of methoxy groups -OCH3 is 1. The minimum atomic E-state index is 0.184. The fourth-order valence-corrected chi connectivity index (χ4v) is 3.61. The Bertz CT molecular complexity index is 541. The lowest BCUT2D eigenvalue weighted by atomic mass is 9.92. The van der Waals surface area contributed by atoms with Gasteiger partial charge >= 0.3 is 0 Å². The zero-order chi connectivity index (χ0) is 14.9. The molecule has 114 valence electrons. The summed E-state index contributed by atoms with van der Waals surface area (Å²) in [5.41, 5.74) is 1.28. The van der Waals surface area contributed by atoms with E-state index in [0.717, 1.165) is 37.9 Å². The van der Waals surface area contributed by atoms with Crippen molar-refractivity contribution in [2.24, 2.45) is 11.3 Å². The first-order valence-corrected chi connectivity index (χ1v) is 7.83. The normalized spacial score (nSPS) is 22.9. The average molecular weight is 309 g/mol. The maximum Gasteiger partial charge on any atom is 0.223 e. The minimum Gasteiger partial charge on any atom is -0.495 e. The van der Waals surface area contributed by atoms with Crippen LogP contribution in [0.2, 0.25) is 5.02 Å². The van der Waals surface area contributed by atoms with E-state index in [-0.39, 0.29) is 17.2 Å². The predicted octanol–water partition coefficient (Wildman–Crippen LogP) is 2.35. The van der Waals surface area contributed by atoms with Crippen molar-refractivity contribution in [2.75, 3.05) is 20.2 Å². The molecule has 2 fully saturated rings. The first kappa shape index (κ1) is 14.7. The van der Waals surface area contributed by atoms with Crippen molar-refractivity contribution >= 4 is 17.5 Å². The van der Waals surface area contributed by atoms with Gasteiger partial charge in [-0.1, -0.05) is 17.7 Å². The number of halogens is 1. The molecule has 1 saturated heterocycles. The van der Waals surface area contributed by atoms with Gasteiger partial charge in [0.1, 0.15) is 5.75 Å². The van der Waals surface area contributed by atoms with Gasteiger partial charge in [0.05, 0.1) is 12.1 Å². The number of nitrogens with one attached hydrogen (secondary N) is 2. The lowest BCUT2D eigenvalue weighted by Gasteiger charge is -2.23. The molecule has 1 atom stereocenters. The molecule has 1 spiro atoms. The third-order valence-electron chi connectivity index (χ3n) is 4.79. The summed E-state index contributed by atoms with van der Waals surface area (Å²) in [5.74, 6) is 1.04. The third-order valence-corrected chi connectivity index (χ3v) is 5.08. The number of hydrogen-bond donors (Lipinski definition) is 2. The van der Waals surface area contributed by atoms with E-state index in [9.17, 15) is 4.79 Å². The molecule has 5 heteroatoms. The molecule has 2 N–H and O–H groups in total. The molecule has 4 nitrogen and oxygen atoms in total. The SMILES string of the molecule is COc1ccc(CNC(=O)C2CC23CCNCC3)cc1Cl. The van der Waals surface area contributed by atoms with E-state index in [1.165, 1.54) is 0 Å². The van der Waals surface area contributed by atoms with E-state index in [0.29, 0.717) is 17.3 Å². The Kier molecular flexibility index (Phi) is 4.09. The van der Waals surface area contributed by atoms with E-state index in [1.54, 1.807) is 7.11 Å². The lowest BCUT2D eigenvalue weighted by molar-refractivity contribution is -0.123. The van der Waals surface area contributed by atoms with Crippen LogP contribution in [0.15, 0.2) is 18.2 Å². The Hall–Kier alpha value is -1.26. The summed E-state index contributed by atoms with van der Waals surface area (Å²) >= 11 is 6.09. The quantitative estimate of drug-likeness (QED) is 0.898. The summed E-state index contributed by atoms with van der Waals surface area (Å²) < 4.78 is 5.12. The Morgan fingerprint density at radius 3 is 2.90 bits per heavy atom. The standard InChI is InChI=1S/C16H21ClN2O2/c1-21-14-3-2-11(8-13(14)17)10-19-15(20)12-9-16(12)4-6-18-7-5-16/h2-3,8,12,18H,4-7,9-10H2,1H3,(H,19,20). The van der Waals surface area contributed by atoms with Gasteiger partial charge in [0.15, 0.2) is 0 Å². The predicted molar refractivity (Wildman–Crippen MR) is 82.5 cm³/mol. The van der Waals surface area contributed by atoms with Gasteiger partial charge < -0.3 is 15.4 Å². The number of carbonyl (C=O) groups is 1. The number of amides is 1. The summed E-state index contributed by atoms with van der Waals surface area (Å²) in [6.07, 6.45) is 3.29. The van der Waals surface area contributed by atoms with Crippen LogP contribution in [0.1, 0.15) is 24.8 Å². The first-order valence-electron chi connectivity index (χ1n) is 7.45. The highest BCUT2D eigenvalue weighted by molar-refractivity contribution is 6.32. The molecule has 1 saturated carbocycles. The highest BCUT2D eigenvalue weighted by Crippen LogP contribution is 2.58. The first-order chi connectivity index (χ1) is 10.1. The summed E-state index contributed by atoms with van der Waals surface area (Å²) in [5, 5.41) is 6.97. The van der Waals surface area contributed by atoms with Crippen molar-refractivity contribution in [3.8, 4) is 5.75 Å². The molecule has 0 bridgehead atoms. The van der Waals surface area contributed by atoms with Gasteiger partial charge in [-0.3, -0.25) is 4.79 Å². The summed E-state index contributed by atoms with van der Waals surface area (Å²) in [6, 6.07) is 5.60. The van der Waals surface area contributed by atoms with Crippen LogP contribution in [0.5, 0.6) is 5.75 Å². The molecule has 2 aliphatic rings. The Balaban J connectivity index is 1.53. The van der Waals surface area contributed by atoms with Gasteiger partial charge in [-0.2, -0.15) is 0 Å². The number of hydrogen-bond acceptors (Lipinski definition) is 3. The number of carbonyl (C=O) groups excluding carboxylic acids is 1. The van der Waals surface area contributed by atoms with Gasteiger partial charge in [-0.15, -0.1) is 0 Å². The smallest absolute Gasteiger partial charge is 0.223 e. The van der Waals surface area contributed by atoms with Crippen molar-refractivity contribution < 1.29 is 9.53 Å². The number of ether oxygens (including phenoxy) is 1. The molecule has 0 aromatic heterocycles. The molecular formula is C16H21ClN2O2. The van der Waals surface area contributed by atoms with Gasteiger partial charge in [-0.25, -0.2) is 0 Å². The van der Waals surface area contributed by atoms with E-state index < -0.39 is 0 Å². The van der Waals surface area contributed by atoms with Gasteiger partial charge in [0, 0.05) is 12.5 Å². The van der Waals surface area contributed by atoms with E-state index in [1.807, 2.05) is 18.2 Å². The topological polar surface area (TPSA) is 50.4 Å². The highest BCUT2D eigenvalue weighted by Gasteiger charge is 2.57. The Labute approximate surface area is 130 Å². The van der Waals surface area contributed by atoms with Gasteiger partial charge in [0.25, 0.3) is 0 Å². The second-order valence-electron chi connectivity index (χ2n) is 6.06. The number of piperidine rings is 1. The van der Waals surface area contributed by atoms with Crippen LogP contribution in [0.25, 0.3) is 0 Å². The molecule has 1 aromatic rings. The maximum absolute atomic E-state index is 12.3. The lowest BCUT2D eigenvalue weighted by Crippen LogP contribution is -2.33. The largest absolute Gasteiger partial charge is 0.495 e. The molecule has 1 aliphatic carbocycles. The van der Waals surface area contributed by atoms with E-state index in [4.69, 9.17) is 16.3 Å². The Morgan fingerprint density at radius 2 is 2.24 bits per heavy atom. The number of rotatable bonds is 4. The van der Waals surface area contributed by atoms with Crippen LogP contribution < -0.4 is 15.4 Å². The molecule has 3 rings (SSSR count). The summed E-state index contributed by atoms with van der Waals surface area (Å²) in [4.78, 5) is 12.3. The molecule has 21 heavy (non-hydrogen) atoms. The Morgan fingerprint density at radius 1 is 1.48 bits per heavy atom. The van der Waals surface area contributed by atoms with E-state index >= 15 is 0 Å². The van der Waals surface area contributed by atoms with Crippen molar-refractivity contribution in [3.05, 3.63) is 28.8 Å². The zero-order valence-corrected chi connectivity index (χ0v) is 13.0. The van der Waals surface area contributed by atoms with Crippen LogP contribution in [-0.2, 0) is 11.3 Å². The fourth-order valence-electron chi connectivity index (χ4n) is 3.33. The molecule has 0 radical (unpaired) electrons. The van der Waals surface area contributed by atoms with Crippen LogP contribution in [-0.4, -0.2) is 26.1 Å². The van der Waals surface area contributed by atoms with Crippen molar-refractivity contribution in [1.29, 1.82) is 0 Å². The van der Waals surface area contributed by atoms with Crippen LogP contribution in [0, 0.1) is 11.3 Å². The van der Waals surface area contributed by atoms with Crippen molar-refractivity contribution in [3.63, 3.8) is 0 Å². The fraction of sp³-hybridized carbons (Fsp3) is 0.562. The maximum atomic E-state index is 12.3. The van der Waals surface area contributed by atoms with Crippen molar-refractivity contribution in [1.82, 2.24) is 10.6 Å².